The molecule has 4 heterocycles. The predicted molar refractivity (Wildman–Crippen MR) is 269 cm³/mol. The number of epoxide rings is 2. The minimum Gasteiger partial charge on any atom is -0.450 e. The average Bonchev–Trinajstić information content (AvgIpc) is 4.31. The molecule has 4 aromatic rings. The summed E-state index contributed by atoms with van der Waals surface area (Å²) < 4.78 is 30.8. The van der Waals surface area contributed by atoms with E-state index in [4.69, 9.17) is 43.6 Å². The van der Waals surface area contributed by atoms with E-state index < -0.39 is 0 Å². The van der Waals surface area contributed by atoms with E-state index in [9.17, 15) is 9.59 Å². The van der Waals surface area contributed by atoms with Crippen molar-refractivity contribution in [2.45, 2.75) is 206 Å². The van der Waals surface area contributed by atoms with Gasteiger partial charge in [0.15, 0.2) is 23.1 Å². The van der Waals surface area contributed by atoms with E-state index in [-0.39, 0.29) is 48.2 Å². The minimum absolute atomic E-state index is 0.0403. The maximum absolute atomic E-state index is 13.2. The van der Waals surface area contributed by atoms with Crippen molar-refractivity contribution < 1.29 is 33.3 Å². The summed E-state index contributed by atoms with van der Waals surface area (Å²) in [5, 5.41) is 0. The lowest BCUT2D eigenvalue weighted by Crippen LogP contribution is -2.25. The molecule has 0 radical (unpaired) electrons. The fourth-order valence-electron chi connectivity index (χ4n) is 10.6. The number of hydrogen-bond acceptors (Lipinski definition) is 11. The first-order valence-electron chi connectivity index (χ1n) is 27.1. The van der Waals surface area contributed by atoms with Crippen LogP contribution in [0.1, 0.15) is 180 Å². The molecule has 2 saturated heterocycles. The summed E-state index contributed by atoms with van der Waals surface area (Å²) in [7, 11) is 0. The van der Waals surface area contributed by atoms with Gasteiger partial charge in [-0.25, -0.2) is 19.9 Å². The van der Waals surface area contributed by atoms with Crippen molar-refractivity contribution >= 4 is 11.9 Å². The van der Waals surface area contributed by atoms with Gasteiger partial charge in [-0.15, -0.1) is 0 Å². The normalized spacial score (nSPS) is 24.1. The second kappa shape index (κ2) is 25.4. The Balaban J connectivity index is 0.954. The standard InChI is InChI=1S/C58H78N4O7/c1-5-9-13-15-39-19-23-43(24-20-39)57(63)65-45-31-27-41(28-32-45)55-59-37-53(47(61-55)35-51-49(67-51)17-11-7-3)69-54-38-60-56(62-48(54)36-52-50(68-52)18-12-8-4)42-29-33-46(34-30-42)66-58(64)44-25-21-40(22-26-44)16-14-10-6-2/h27-34,37-40,43-44,49-52H,5-26,35-36H2,1-4H3/t39?,40?,43?,44?,49-,50-,51-,52-/m0/s1. The molecular weight excluding hydrogens is 865 g/mol. The van der Waals surface area contributed by atoms with Crippen LogP contribution in [0, 0.1) is 23.7 Å². The van der Waals surface area contributed by atoms with Gasteiger partial charge < -0.3 is 23.7 Å². The number of esters is 2. The van der Waals surface area contributed by atoms with E-state index in [1.54, 1.807) is 12.4 Å². The first-order valence-corrected chi connectivity index (χ1v) is 27.1. The highest BCUT2D eigenvalue weighted by atomic mass is 16.6. The molecule has 0 amide bonds. The van der Waals surface area contributed by atoms with Gasteiger partial charge in [-0.2, -0.15) is 0 Å². The number of carbonyl (C=O) groups is 2. The highest BCUT2D eigenvalue weighted by molar-refractivity contribution is 5.76. The molecule has 4 atom stereocenters. The van der Waals surface area contributed by atoms with Crippen molar-refractivity contribution in [2.24, 2.45) is 23.7 Å². The van der Waals surface area contributed by atoms with Crippen LogP contribution in [0.4, 0.5) is 0 Å². The lowest BCUT2D eigenvalue weighted by molar-refractivity contribution is -0.141. The van der Waals surface area contributed by atoms with Gasteiger partial charge in [0.05, 0.1) is 60.0 Å². The molecule has 11 heteroatoms. The van der Waals surface area contributed by atoms with Gasteiger partial charge in [-0.05, 0) is 125 Å². The quantitative estimate of drug-likeness (QED) is 0.0257. The molecule has 0 unspecified atom stereocenters. The second-order valence-electron chi connectivity index (χ2n) is 20.5. The van der Waals surface area contributed by atoms with Gasteiger partial charge in [-0.3, -0.25) is 9.59 Å². The highest BCUT2D eigenvalue weighted by Gasteiger charge is 2.41. The molecular formula is C58H78N4O7. The van der Waals surface area contributed by atoms with Gasteiger partial charge in [0.1, 0.15) is 11.5 Å². The van der Waals surface area contributed by atoms with Crippen LogP contribution in [0.2, 0.25) is 0 Å². The van der Waals surface area contributed by atoms with Crippen molar-refractivity contribution in [3.8, 4) is 45.8 Å². The monoisotopic (exact) mass is 943 g/mol. The van der Waals surface area contributed by atoms with Crippen LogP contribution in [0.3, 0.4) is 0 Å². The second-order valence-corrected chi connectivity index (χ2v) is 20.5. The minimum atomic E-state index is -0.130. The molecule has 4 aliphatic rings. The summed E-state index contributed by atoms with van der Waals surface area (Å²) in [5.74, 6) is 4.37. The van der Waals surface area contributed by atoms with Crippen LogP contribution >= 0.6 is 0 Å². The summed E-state index contributed by atoms with van der Waals surface area (Å²) in [6.45, 7) is 8.89. The number of benzene rings is 2. The van der Waals surface area contributed by atoms with Crippen molar-refractivity contribution in [1.29, 1.82) is 0 Å². The Morgan fingerprint density at radius 2 is 0.884 bits per heavy atom. The number of rotatable bonds is 26. The van der Waals surface area contributed by atoms with Crippen LogP contribution < -0.4 is 14.2 Å². The summed E-state index contributed by atoms with van der Waals surface area (Å²) in [4.78, 5) is 46.2. The zero-order valence-corrected chi connectivity index (χ0v) is 42.0. The van der Waals surface area contributed by atoms with E-state index in [1.807, 2.05) is 48.5 Å². The molecule has 4 fully saturated rings. The number of carbonyl (C=O) groups excluding carboxylic acids is 2. The zero-order valence-electron chi connectivity index (χ0n) is 42.0. The Morgan fingerprint density at radius 3 is 1.26 bits per heavy atom. The molecule has 11 nitrogen and oxygen atoms in total. The molecule has 2 aromatic carbocycles. The largest absolute Gasteiger partial charge is 0.450 e. The molecule has 2 aliphatic carbocycles. The van der Waals surface area contributed by atoms with Gasteiger partial charge in [0.2, 0.25) is 0 Å². The fourth-order valence-corrected chi connectivity index (χ4v) is 10.6. The first kappa shape index (κ1) is 50.6. The van der Waals surface area contributed by atoms with Crippen LogP contribution in [0.25, 0.3) is 22.8 Å². The van der Waals surface area contributed by atoms with E-state index >= 15 is 0 Å². The Bertz CT molecular complexity index is 2080. The van der Waals surface area contributed by atoms with Crippen molar-refractivity contribution in [3.63, 3.8) is 0 Å². The van der Waals surface area contributed by atoms with Gasteiger partial charge in [0, 0.05) is 24.0 Å². The molecule has 0 N–H and O–H groups in total. The van der Waals surface area contributed by atoms with Gasteiger partial charge >= 0.3 is 11.9 Å². The smallest absolute Gasteiger partial charge is 0.314 e. The van der Waals surface area contributed by atoms with Gasteiger partial charge in [-0.1, -0.05) is 105 Å². The summed E-state index contributed by atoms with van der Waals surface area (Å²) >= 11 is 0. The predicted octanol–water partition coefficient (Wildman–Crippen LogP) is 14.0. The average molecular weight is 943 g/mol. The molecule has 2 saturated carbocycles. The summed E-state index contributed by atoms with van der Waals surface area (Å²) in [6.07, 6.45) is 29.8. The number of unbranched alkanes of at least 4 members (excludes halogenated alkanes) is 6. The maximum atomic E-state index is 13.2. The highest BCUT2D eigenvalue weighted by Crippen LogP contribution is 2.39. The SMILES string of the molecule is CCCCCC1CCC(C(=O)Oc2ccc(-c3ncc(Oc4cnc(-c5ccc(OC(=O)C6CCC(CCCCC)CC6)cc5)nc4C[C@@H]4O[C@H]4CCCC)c(C[C@@H]4O[C@H]4CCCC)n3)cc2)CC1. The molecule has 372 valence electrons. The van der Waals surface area contributed by atoms with Crippen LogP contribution in [-0.2, 0) is 31.9 Å². The van der Waals surface area contributed by atoms with Crippen molar-refractivity contribution in [3.05, 3.63) is 72.3 Å². The molecule has 2 aliphatic heterocycles. The van der Waals surface area contributed by atoms with Crippen LogP contribution in [0.15, 0.2) is 60.9 Å². The number of ether oxygens (including phenoxy) is 5. The van der Waals surface area contributed by atoms with Crippen LogP contribution in [0.5, 0.6) is 23.0 Å². The third kappa shape index (κ3) is 14.7. The Labute approximate surface area is 411 Å². The van der Waals surface area contributed by atoms with E-state index in [0.29, 0.717) is 47.5 Å². The number of aromatic nitrogens is 4. The lowest BCUT2D eigenvalue weighted by atomic mass is 9.80. The molecule has 2 aromatic heterocycles. The van der Waals surface area contributed by atoms with Gasteiger partial charge in [0.25, 0.3) is 0 Å². The topological polar surface area (TPSA) is 138 Å². The van der Waals surface area contributed by atoms with E-state index in [0.717, 1.165) is 124 Å². The number of nitrogens with zero attached hydrogens (tertiary/aromatic N) is 4. The van der Waals surface area contributed by atoms with Crippen molar-refractivity contribution in [2.75, 3.05) is 0 Å². The lowest BCUT2D eigenvalue weighted by Gasteiger charge is -2.27. The third-order valence-electron chi connectivity index (χ3n) is 15.2. The Morgan fingerprint density at radius 1 is 0.493 bits per heavy atom. The van der Waals surface area contributed by atoms with Crippen molar-refractivity contribution in [1.82, 2.24) is 19.9 Å². The number of hydrogen-bond donors (Lipinski definition) is 0. The molecule has 69 heavy (non-hydrogen) atoms. The van der Waals surface area contributed by atoms with Crippen LogP contribution in [-0.4, -0.2) is 56.3 Å². The molecule has 0 bridgehead atoms. The fraction of sp³-hybridized carbons (Fsp3) is 0.621. The van der Waals surface area contributed by atoms with E-state index in [1.165, 1.54) is 51.4 Å². The van der Waals surface area contributed by atoms with E-state index in [2.05, 4.69) is 27.7 Å². The molecule has 0 spiro atoms. The molecule has 8 rings (SSSR count). The summed E-state index contributed by atoms with van der Waals surface area (Å²) in [5.41, 5.74) is 3.11. The Kier molecular flexibility index (Phi) is 18.6. The summed E-state index contributed by atoms with van der Waals surface area (Å²) in [6, 6.07) is 15.0. The first-order chi connectivity index (χ1) is 33.8. The zero-order chi connectivity index (χ0) is 48.0. The third-order valence-corrected chi connectivity index (χ3v) is 15.2. The Hall–Kier alpha value is -4.74. The maximum Gasteiger partial charge on any atom is 0.314 e.